The summed E-state index contributed by atoms with van der Waals surface area (Å²) in [6.45, 7) is 5.71. The van der Waals surface area contributed by atoms with Gasteiger partial charge in [-0.15, -0.1) is 0 Å². The molecule has 5 rings (SSSR count). The maximum atomic E-state index is 13.1. The van der Waals surface area contributed by atoms with Gasteiger partial charge in [-0.05, 0) is 55.2 Å². The van der Waals surface area contributed by atoms with E-state index in [9.17, 15) is 9.59 Å². The summed E-state index contributed by atoms with van der Waals surface area (Å²) < 4.78 is 0. The van der Waals surface area contributed by atoms with Crippen molar-refractivity contribution in [3.63, 3.8) is 0 Å². The maximum Gasteiger partial charge on any atom is 0.255 e. The van der Waals surface area contributed by atoms with Gasteiger partial charge in [0.1, 0.15) is 5.66 Å². The Balaban J connectivity index is 1.22. The molecule has 2 saturated heterocycles. The molecule has 0 saturated carbocycles. The highest BCUT2D eigenvalue weighted by Crippen LogP contribution is 2.32. The van der Waals surface area contributed by atoms with Gasteiger partial charge in [-0.1, -0.05) is 19.1 Å². The van der Waals surface area contributed by atoms with Gasteiger partial charge in [0.15, 0.2) is 0 Å². The van der Waals surface area contributed by atoms with Crippen LogP contribution in [0.5, 0.6) is 0 Å². The number of carbonyl (C=O) groups is 2. The highest BCUT2D eigenvalue weighted by molar-refractivity contribution is 6.02. The van der Waals surface area contributed by atoms with Gasteiger partial charge in [0.2, 0.25) is 0 Å². The van der Waals surface area contributed by atoms with Gasteiger partial charge in [0.25, 0.3) is 11.8 Å². The second-order valence-corrected chi connectivity index (χ2v) is 9.22. The zero-order chi connectivity index (χ0) is 21.4. The minimum Gasteiger partial charge on any atom is -0.372 e. The van der Waals surface area contributed by atoms with Crippen LogP contribution in [0.1, 0.15) is 53.3 Å². The quantitative estimate of drug-likeness (QED) is 0.780. The molecule has 0 atom stereocenters. The summed E-state index contributed by atoms with van der Waals surface area (Å²) in [7, 11) is 0. The van der Waals surface area contributed by atoms with Gasteiger partial charge in [-0.2, -0.15) is 0 Å². The first-order valence-corrected chi connectivity index (χ1v) is 11.4. The number of carbonyl (C=O) groups excluding carboxylic acids is 2. The lowest BCUT2D eigenvalue weighted by Crippen LogP contribution is -2.62. The van der Waals surface area contributed by atoms with Crippen molar-refractivity contribution in [3.8, 4) is 0 Å². The molecule has 6 nitrogen and oxygen atoms in total. The number of piperidine rings is 2. The van der Waals surface area contributed by atoms with Crippen molar-refractivity contribution in [3.05, 3.63) is 59.7 Å². The van der Waals surface area contributed by atoms with E-state index in [-0.39, 0.29) is 11.8 Å². The molecule has 3 aliphatic heterocycles. The van der Waals surface area contributed by atoms with E-state index in [0.29, 0.717) is 31.5 Å². The van der Waals surface area contributed by atoms with Crippen molar-refractivity contribution in [2.45, 2.75) is 38.3 Å². The first-order chi connectivity index (χ1) is 15.0. The lowest BCUT2D eigenvalue weighted by molar-refractivity contribution is 0.0639. The fourth-order valence-corrected chi connectivity index (χ4v) is 4.97. The minimum atomic E-state index is -0.475. The average molecular weight is 419 g/mol. The van der Waals surface area contributed by atoms with Crippen molar-refractivity contribution in [2.24, 2.45) is 5.92 Å². The largest absolute Gasteiger partial charge is 0.372 e. The van der Waals surface area contributed by atoms with E-state index in [1.807, 2.05) is 41.3 Å². The van der Waals surface area contributed by atoms with Gasteiger partial charge in [0.05, 0.1) is 5.56 Å². The normalized spacial score (nSPS) is 20.7. The summed E-state index contributed by atoms with van der Waals surface area (Å²) in [6.07, 6.45) is 3.82. The van der Waals surface area contributed by atoms with Crippen molar-refractivity contribution in [1.82, 2.24) is 10.2 Å². The Hall–Kier alpha value is -3.02. The Morgan fingerprint density at radius 3 is 2.32 bits per heavy atom. The number of anilines is 2. The molecule has 0 radical (unpaired) electrons. The number of likely N-dealkylation sites (tertiary alicyclic amines) is 1. The van der Waals surface area contributed by atoms with Crippen LogP contribution >= 0.6 is 0 Å². The molecule has 0 unspecified atom stereocenters. The average Bonchev–Trinajstić information content (AvgIpc) is 2.80. The molecule has 2 aromatic rings. The molecule has 2 amide bonds. The lowest BCUT2D eigenvalue weighted by Gasteiger charge is -2.45. The second-order valence-electron chi connectivity index (χ2n) is 9.22. The molecule has 0 bridgehead atoms. The number of fused-ring (bicyclic) bond motifs is 1. The Kier molecular flexibility index (Phi) is 5.08. The molecule has 0 aromatic heterocycles. The van der Waals surface area contributed by atoms with Crippen LogP contribution in [0.4, 0.5) is 11.4 Å². The standard InChI is InChI=1S/C25H30N4O2/c1-18-10-14-28(15-11-18)20-8-6-19(7-9-20)24(31)29-16-12-25(13-17-29)26-22-5-3-2-4-21(22)23(30)27-25/h2-9,18,26H,10-17H2,1H3,(H,27,30). The van der Waals surface area contributed by atoms with Crippen LogP contribution in [0.3, 0.4) is 0 Å². The monoisotopic (exact) mass is 418 g/mol. The van der Waals surface area contributed by atoms with Gasteiger partial charge < -0.3 is 20.4 Å². The van der Waals surface area contributed by atoms with E-state index < -0.39 is 5.66 Å². The fraction of sp³-hybridized carbons (Fsp3) is 0.440. The number of nitrogens with zero attached hydrogens (tertiary/aromatic N) is 2. The van der Waals surface area contributed by atoms with Gasteiger partial charge >= 0.3 is 0 Å². The van der Waals surface area contributed by atoms with E-state index in [2.05, 4.69) is 34.6 Å². The third kappa shape index (κ3) is 3.87. The Morgan fingerprint density at radius 1 is 0.935 bits per heavy atom. The van der Waals surface area contributed by atoms with E-state index in [4.69, 9.17) is 0 Å². The number of nitrogens with one attached hydrogen (secondary N) is 2. The predicted octanol–water partition coefficient (Wildman–Crippen LogP) is 3.71. The molecule has 0 aliphatic carbocycles. The third-order valence-corrected chi connectivity index (χ3v) is 7.07. The minimum absolute atomic E-state index is 0.0446. The summed E-state index contributed by atoms with van der Waals surface area (Å²) in [5.74, 6) is 0.824. The Labute approximate surface area is 183 Å². The van der Waals surface area contributed by atoms with E-state index >= 15 is 0 Å². The van der Waals surface area contributed by atoms with Crippen LogP contribution in [-0.4, -0.2) is 48.6 Å². The number of para-hydroxylation sites is 1. The molecule has 31 heavy (non-hydrogen) atoms. The number of amides is 2. The van der Waals surface area contributed by atoms with Crippen molar-refractivity contribution < 1.29 is 9.59 Å². The van der Waals surface area contributed by atoms with Crippen LogP contribution in [0.15, 0.2) is 48.5 Å². The van der Waals surface area contributed by atoms with Gasteiger partial charge in [-0.25, -0.2) is 0 Å². The van der Waals surface area contributed by atoms with Crippen LogP contribution < -0.4 is 15.5 Å². The fourth-order valence-electron chi connectivity index (χ4n) is 4.97. The van der Waals surface area contributed by atoms with Gasteiger partial charge in [0, 0.05) is 56.0 Å². The van der Waals surface area contributed by atoms with Crippen LogP contribution in [-0.2, 0) is 0 Å². The first-order valence-electron chi connectivity index (χ1n) is 11.4. The van der Waals surface area contributed by atoms with E-state index in [0.717, 1.165) is 30.3 Å². The summed E-state index contributed by atoms with van der Waals surface area (Å²) >= 11 is 0. The number of benzene rings is 2. The van der Waals surface area contributed by atoms with Crippen LogP contribution in [0, 0.1) is 5.92 Å². The number of hydrogen-bond donors (Lipinski definition) is 2. The third-order valence-electron chi connectivity index (χ3n) is 7.07. The van der Waals surface area contributed by atoms with Gasteiger partial charge in [-0.3, -0.25) is 9.59 Å². The lowest BCUT2D eigenvalue weighted by atomic mass is 9.92. The Bertz CT molecular complexity index is 971. The van der Waals surface area contributed by atoms with Crippen molar-refractivity contribution in [1.29, 1.82) is 0 Å². The highest BCUT2D eigenvalue weighted by Gasteiger charge is 2.41. The van der Waals surface area contributed by atoms with E-state index in [1.165, 1.54) is 18.5 Å². The van der Waals surface area contributed by atoms with Crippen LogP contribution in [0.25, 0.3) is 0 Å². The predicted molar refractivity (Wildman–Crippen MR) is 122 cm³/mol. The molecular formula is C25H30N4O2. The molecule has 1 spiro atoms. The zero-order valence-corrected chi connectivity index (χ0v) is 18.1. The summed E-state index contributed by atoms with van der Waals surface area (Å²) in [6, 6.07) is 15.6. The first kappa shape index (κ1) is 19.9. The number of hydrogen-bond acceptors (Lipinski definition) is 4. The maximum absolute atomic E-state index is 13.1. The number of rotatable bonds is 2. The molecule has 3 aliphatic rings. The second kappa shape index (κ2) is 7.91. The summed E-state index contributed by atoms with van der Waals surface area (Å²) in [5, 5.41) is 6.65. The smallest absolute Gasteiger partial charge is 0.255 e. The SMILES string of the molecule is CC1CCN(c2ccc(C(=O)N3CCC4(CC3)NC(=O)c3ccccc3N4)cc2)CC1. The molecule has 162 valence electrons. The highest BCUT2D eigenvalue weighted by atomic mass is 16.2. The topological polar surface area (TPSA) is 64.7 Å². The summed E-state index contributed by atoms with van der Waals surface area (Å²) in [5.41, 5.74) is 3.01. The van der Waals surface area contributed by atoms with E-state index in [1.54, 1.807) is 0 Å². The molecule has 2 fully saturated rings. The van der Waals surface area contributed by atoms with Crippen molar-refractivity contribution >= 4 is 23.2 Å². The molecule has 3 heterocycles. The Morgan fingerprint density at radius 2 is 1.61 bits per heavy atom. The zero-order valence-electron chi connectivity index (χ0n) is 18.1. The van der Waals surface area contributed by atoms with Crippen LogP contribution in [0.2, 0.25) is 0 Å². The molecule has 2 N–H and O–H groups in total. The molecule has 2 aromatic carbocycles. The molecular weight excluding hydrogens is 388 g/mol. The molecule has 6 heteroatoms. The summed E-state index contributed by atoms with van der Waals surface area (Å²) in [4.78, 5) is 29.9. The van der Waals surface area contributed by atoms with Crippen molar-refractivity contribution in [2.75, 3.05) is 36.4 Å².